The van der Waals surface area contributed by atoms with E-state index in [2.05, 4.69) is 17.0 Å². The molecule has 1 aliphatic rings. The first kappa shape index (κ1) is 21.6. The molecule has 1 amide bonds. The lowest BCUT2D eigenvalue weighted by atomic mass is 9.88. The molecule has 0 bridgehead atoms. The van der Waals surface area contributed by atoms with Gasteiger partial charge in [-0.2, -0.15) is 0 Å². The monoisotopic (exact) mass is 394 g/mol. The number of carbonyl (C=O) groups is 1. The third-order valence-electron chi connectivity index (χ3n) is 4.68. The summed E-state index contributed by atoms with van der Waals surface area (Å²) >= 11 is 0. The van der Waals surface area contributed by atoms with E-state index in [0.29, 0.717) is 25.2 Å². The van der Waals surface area contributed by atoms with Crippen molar-refractivity contribution in [2.45, 2.75) is 45.1 Å². The summed E-state index contributed by atoms with van der Waals surface area (Å²) in [7, 11) is -3.56. The summed E-state index contributed by atoms with van der Waals surface area (Å²) in [5.74, 6) is 0.387. The molecule has 0 heterocycles. The van der Waals surface area contributed by atoms with Gasteiger partial charge in [0.1, 0.15) is 0 Å². The van der Waals surface area contributed by atoms with Crippen LogP contribution in [0.3, 0.4) is 0 Å². The van der Waals surface area contributed by atoms with Crippen LogP contribution in [0.15, 0.2) is 35.7 Å². The Labute approximate surface area is 162 Å². The SMILES string of the molecule is CC1CCCCC1OCCNC(=O)CCNS(=O)(=O)/C=C/c1ccccc1. The first-order chi connectivity index (χ1) is 13.0. The lowest BCUT2D eigenvalue weighted by Crippen LogP contribution is -2.33. The Hall–Kier alpha value is -1.70. The van der Waals surface area contributed by atoms with E-state index < -0.39 is 10.0 Å². The third-order valence-corrected chi connectivity index (χ3v) is 5.78. The average molecular weight is 395 g/mol. The van der Waals surface area contributed by atoms with Crippen molar-refractivity contribution in [2.24, 2.45) is 5.92 Å². The van der Waals surface area contributed by atoms with Crippen molar-refractivity contribution in [3.8, 4) is 0 Å². The molecule has 1 saturated carbocycles. The van der Waals surface area contributed by atoms with E-state index in [1.54, 1.807) is 0 Å². The summed E-state index contributed by atoms with van der Waals surface area (Å²) in [4.78, 5) is 11.8. The standard InChI is InChI=1S/C20H30N2O4S/c1-17-7-5-6-10-19(17)26-15-14-21-20(23)11-13-22-27(24,25)16-12-18-8-3-2-4-9-18/h2-4,8-9,12,16-17,19,22H,5-7,10-11,13-15H2,1H3,(H,21,23)/b16-12+. The van der Waals surface area contributed by atoms with Crippen LogP contribution >= 0.6 is 0 Å². The molecule has 1 aromatic rings. The zero-order chi connectivity index (χ0) is 19.5. The first-order valence-electron chi connectivity index (χ1n) is 9.57. The molecule has 2 unspecified atom stereocenters. The minimum absolute atomic E-state index is 0.0633. The smallest absolute Gasteiger partial charge is 0.233 e. The van der Waals surface area contributed by atoms with E-state index in [1.165, 1.54) is 25.3 Å². The van der Waals surface area contributed by atoms with Crippen molar-refractivity contribution in [1.82, 2.24) is 10.0 Å². The van der Waals surface area contributed by atoms with Crippen LogP contribution in [0.2, 0.25) is 0 Å². The predicted molar refractivity (Wildman–Crippen MR) is 107 cm³/mol. The summed E-state index contributed by atoms with van der Waals surface area (Å²) in [5.41, 5.74) is 0.799. The zero-order valence-corrected chi connectivity index (χ0v) is 16.7. The van der Waals surface area contributed by atoms with Gasteiger partial charge in [0.15, 0.2) is 0 Å². The normalized spacial score (nSPS) is 20.6. The number of amides is 1. The molecule has 1 fully saturated rings. The van der Waals surface area contributed by atoms with E-state index in [-0.39, 0.29) is 18.9 Å². The Morgan fingerprint density at radius 3 is 2.67 bits per heavy atom. The van der Waals surface area contributed by atoms with Gasteiger partial charge in [-0.15, -0.1) is 0 Å². The van der Waals surface area contributed by atoms with Crippen LogP contribution in [-0.4, -0.2) is 40.1 Å². The van der Waals surface area contributed by atoms with Gasteiger partial charge in [-0.05, 0) is 30.4 Å². The highest BCUT2D eigenvalue weighted by Crippen LogP contribution is 2.25. The van der Waals surface area contributed by atoms with Gasteiger partial charge in [0.2, 0.25) is 15.9 Å². The summed E-state index contributed by atoms with van der Waals surface area (Å²) in [6, 6.07) is 9.17. The largest absolute Gasteiger partial charge is 0.376 e. The fraction of sp³-hybridized carbons (Fsp3) is 0.550. The number of hydrogen-bond donors (Lipinski definition) is 2. The lowest BCUT2D eigenvalue weighted by Gasteiger charge is -2.28. The second-order valence-corrected chi connectivity index (χ2v) is 8.57. The van der Waals surface area contributed by atoms with E-state index in [1.807, 2.05) is 30.3 Å². The van der Waals surface area contributed by atoms with E-state index in [4.69, 9.17) is 4.74 Å². The van der Waals surface area contributed by atoms with E-state index in [9.17, 15) is 13.2 Å². The quantitative estimate of drug-likeness (QED) is 0.598. The van der Waals surface area contributed by atoms with Crippen molar-refractivity contribution in [3.63, 3.8) is 0 Å². The number of rotatable bonds is 10. The predicted octanol–water partition coefficient (Wildman–Crippen LogP) is 2.68. The molecule has 0 radical (unpaired) electrons. The molecule has 6 nitrogen and oxygen atoms in total. The summed E-state index contributed by atoms with van der Waals surface area (Å²) in [6.45, 7) is 3.21. The minimum Gasteiger partial charge on any atom is -0.376 e. The van der Waals surface area contributed by atoms with Crippen LogP contribution in [0.25, 0.3) is 6.08 Å². The maximum absolute atomic E-state index is 11.9. The molecular weight excluding hydrogens is 364 g/mol. The van der Waals surface area contributed by atoms with Gasteiger partial charge in [0.05, 0.1) is 12.7 Å². The number of hydrogen-bond acceptors (Lipinski definition) is 4. The van der Waals surface area contributed by atoms with Crippen LogP contribution in [-0.2, 0) is 19.6 Å². The Morgan fingerprint density at radius 1 is 1.19 bits per heavy atom. The zero-order valence-electron chi connectivity index (χ0n) is 15.9. The molecule has 27 heavy (non-hydrogen) atoms. The number of nitrogens with one attached hydrogen (secondary N) is 2. The second kappa shape index (κ2) is 11.2. The maximum atomic E-state index is 11.9. The second-order valence-electron chi connectivity index (χ2n) is 6.92. The van der Waals surface area contributed by atoms with Crippen LogP contribution in [0.1, 0.15) is 44.6 Å². The molecule has 2 atom stereocenters. The number of sulfonamides is 1. The fourth-order valence-corrected chi connectivity index (χ4v) is 3.93. The lowest BCUT2D eigenvalue weighted by molar-refractivity contribution is -0.121. The number of carbonyl (C=O) groups excluding carboxylic acids is 1. The van der Waals surface area contributed by atoms with Gasteiger partial charge in [0, 0.05) is 24.9 Å². The van der Waals surface area contributed by atoms with Crippen LogP contribution in [0.4, 0.5) is 0 Å². The van der Waals surface area contributed by atoms with Crippen molar-refractivity contribution < 1.29 is 17.9 Å². The Morgan fingerprint density at radius 2 is 1.93 bits per heavy atom. The summed E-state index contributed by atoms with van der Waals surface area (Å²) < 4.78 is 32.0. The van der Waals surface area contributed by atoms with Gasteiger partial charge in [-0.3, -0.25) is 4.79 Å². The molecule has 0 saturated heterocycles. The Kier molecular flexibility index (Phi) is 8.97. The fourth-order valence-electron chi connectivity index (χ4n) is 3.11. The molecule has 2 rings (SSSR count). The van der Waals surface area contributed by atoms with Crippen LogP contribution in [0.5, 0.6) is 0 Å². The van der Waals surface area contributed by atoms with Crippen molar-refractivity contribution in [3.05, 3.63) is 41.3 Å². The summed E-state index contributed by atoms with van der Waals surface area (Å²) in [6.07, 6.45) is 6.68. The molecule has 2 N–H and O–H groups in total. The first-order valence-corrected chi connectivity index (χ1v) is 11.1. The van der Waals surface area contributed by atoms with E-state index in [0.717, 1.165) is 17.4 Å². The molecular formula is C20H30N2O4S. The molecule has 0 aliphatic heterocycles. The molecule has 1 aromatic carbocycles. The highest BCUT2D eigenvalue weighted by atomic mass is 32.2. The Bertz CT molecular complexity index is 704. The van der Waals surface area contributed by atoms with Gasteiger partial charge < -0.3 is 10.1 Å². The van der Waals surface area contributed by atoms with Gasteiger partial charge in [-0.1, -0.05) is 50.1 Å². The highest BCUT2D eigenvalue weighted by molar-refractivity contribution is 7.92. The molecule has 1 aliphatic carbocycles. The van der Waals surface area contributed by atoms with Gasteiger partial charge in [-0.25, -0.2) is 13.1 Å². The maximum Gasteiger partial charge on any atom is 0.233 e. The Balaban J connectivity index is 1.59. The third kappa shape index (κ3) is 8.69. The molecule has 0 spiro atoms. The van der Waals surface area contributed by atoms with Crippen LogP contribution in [0, 0.1) is 5.92 Å². The van der Waals surface area contributed by atoms with Crippen molar-refractivity contribution >= 4 is 22.0 Å². The average Bonchev–Trinajstić information content (AvgIpc) is 2.66. The van der Waals surface area contributed by atoms with Gasteiger partial charge >= 0.3 is 0 Å². The van der Waals surface area contributed by atoms with E-state index >= 15 is 0 Å². The molecule has 0 aromatic heterocycles. The molecule has 150 valence electrons. The number of benzene rings is 1. The highest BCUT2D eigenvalue weighted by Gasteiger charge is 2.21. The topological polar surface area (TPSA) is 84.5 Å². The minimum atomic E-state index is -3.56. The van der Waals surface area contributed by atoms with Crippen molar-refractivity contribution in [2.75, 3.05) is 19.7 Å². The van der Waals surface area contributed by atoms with Crippen molar-refractivity contribution in [1.29, 1.82) is 0 Å². The van der Waals surface area contributed by atoms with Crippen LogP contribution < -0.4 is 10.0 Å². The van der Waals surface area contributed by atoms with Gasteiger partial charge in [0.25, 0.3) is 0 Å². The summed E-state index contributed by atoms with van der Waals surface area (Å²) in [5, 5.41) is 3.87. The molecule has 7 heteroatoms. The number of ether oxygens (including phenoxy) is 1.